The Labute approximate surface area is 117 Å². The molecule has 0 aliphatic heterocycles. The van der Waals surface area contributed by atoms with Crippen molar-refractivity contribution in [2.24, 2.45) is 0 Å². The monoisotopic (exact) mass is 267 g/mol. The topological polar surface area (TPSA) is 58.5 Å². The number of nitrogens with zero attached hydrogens (tertiary/aromatic N) is 3. The van der Waals surface area contributed by atoms with E-state index in [1.807, 2.05) is 56.6 Å². The quantitative estimate of drug-likeness (QED) is 0.764. The molecule has 0 saturated heterocycles. The van der Waals surface area contributed by atoms with E-state index in [9.17, 15) is 0 Å². The number of benzene rings is 1. The van der Waals surface area contributed by atoms with Crippen molar-refractivity contribution in [1.29, 1.82) is 0 Å². The summed E-state index contributed by atoms with van der Waals surface area (Å²) in [5.41, 5.74) is 4.27. The third kappa shape index (κ3) is 2.56. The van der Waals surface area contributed by atoms with Crippen LogP contribution in [0.1, 0.15) is 17.0 Å². The highest BCUT2D eigenvalue weighted by Gasteiger charge is 2.08. The Morgan fingerprint density at radius 3 is 2.70 bits per heavy atom. The van der Waals surface area contributed by atoms with Gasteiger partial charge in [-0.05, 0) is 26.0 Å². The summed E-state index contributed by atoms with van der Waals surface area (Å²) in [5, 5.41) is 10.4. The minimum absolute atomic E-state index is 0.748. The van der Waals surface area contributed by atoms with Gasteiger partial charge in [0.05, 0.1) is 18.4 Å². The minimum Gasteiger partial charge on any atom is -0.326 e. The number of aromatic amines is 1. The molecule has 20 heavy (non-hydrogen) atoms. The number of para-hydroxylation sites is 1. The predicted octanol–water partition coefficient (Wildman–Crippen LogP) is 3.01. The van der Waals surface area contributed by atoms with Gasteiger partial charge in [0.25, 0.3) is 0 Å². The number of imidazole rings is 1. The number of anilines is 2. The molecule has 0 aliphatic carbocycles. The van der Waals surface area contributed by atoms with Crippen LogP contribution in [0.4, 0.5) is 11.6 Å². The van der Waals surface area contributed by atoms with Gasteiger partial charge in [-0.1, -0.05) is 18.2 Å². The Morgan fingerprint density at radius 2 is 2.00 bits per heavy atom. The second-order valence-electron chi connectivity index (χ2n) is 4.85. The standard InChI is InChI=1S/C15H17N5/c1-11-9-20(10-13-8-16-19-12(13)2)15(17-11)18-14-6-4-3-5-7-14/h3-9H,10H2,1-2H3,(H,16,19)(H,17,18). The molecule has 2 N–H and O–H groups in total. The van der Waals surface area contributed by atoms with Crippen molar-refractivity contribution >= 4 is 11.6 Å². The lowest BCUT2D eigenvalue weighted by Gasteiger charge is -2.09. The zero-order valence-electron chi connectivity index (χ0n) is 11.6. The number of H-pyrrole nitrogens is 1. The zero-order chi connectivity index (χ0) is 13.9. The van der Waals surface area contributed by atoms with Gasteiger partial charge in [0, 0.05) is 23.1 Å². The fourth-order valence-electron chi connectivity index (χ4n) is 2.14. The lowest BCUT2D eigenvalue weighted by molar-refractivity contribution is 0.802. The second kappa shape index (κ2) is 5.21. The molecule has 0 amide bonds. The molecule has 102 valence electrons. The number of rotatable bonds is 4. The summed E-state index contributed by atoms with van der Waals surface area (Å²) >= 11 is 0. The normalized spacial score (nSPS) is 10.7. The van der Waals surface area contributed by atoms with Gasteiger partial charge >= 0.3 is 0 Å². The molecule has 0 spiro atoms. The van der Waals surface area contributed by atoms with Crippen LogP contribution in [-0.2, 0) is 6.54 Å². The van der Waals surface area contributed by atoms with Crippen LogP contribution in [-0.4, -0.2) is 19.7 Å². The average molecular weight is 267 g/mol. The molecule has 0 unspecified atom stereocenters. The van der Waals surface area contributed by atoms with Crippen LogP contribution in [0, 0.1) is 13.8 Å². The Bertz CT molecular complexity index is 696. The van der Waals surface area contributed by atoms with Gasteiger partial charge in [-0.3, -0.25) is 5.10 Å². The molecule has 2 aromatic heterocycles. The fourth-order valence-corrected chi connectivity index (χ4v) is 2.14. The molecule has 5 nitrogen and oxygen atoms in total. The molecule has 3 aromatic rings. The Hall–Kier alpha value is -2.56. The van der Waals surface area contributed by atoms with Crippen molar-refractivity contribution in [3.05, 3.63) is 59.7 Å². The van der Waals surface area contributed by atoms with Crippen LogP contribution in [0.15, 0.2) is 42.7 Å². The molecule has 0 radical (unpaired) electrons. The first kappa shape index (κ1) is 12.5. The Kier molecular flexibility index (Phi) is 3.25. The average Bonchev–Trinajstić information content (AvgIpc) is 2.98. The Morgan fingerprint density at radius 1 is 1.20 bits per heavy atom. The van der Waals surface area contributed by atoms with Crippen molar-refractivity contribution in [2.45, 2.75) is 20.4 Å². The van der Waals surface area contributed by atoms with Gasteiger partial charge in [-0.2, -0.15) is 5.10 Å². The first-order chi connectivity index (χ1) is 9.72. The van der Waals surface area contributed by atoms with Crippen LogP contribution in [0.2, 0.25) is 0 Å². The highest BCUT2D eigenvalue weighted by atomic mass is 15.2. The third-order valence-electron chi connectivity index (χ3n) is 3.20. The van der Waals surface area contributed by atoms with E-state index >= 15 is 0 Å². The summed E-state index contributed by atoms with van der Waals surface area (Å²) < 4.78 is 2.10. The minimum atomic E-state index is 0.748. The molecular formula is C15H17N5. The molecule has 3 rings (SSSR count). The molecule has 2 heterocycles. The van der Waals surface area contributed by atoms with E-state index in [2.05, 4.69) is 25.1 Å². The third-order valence-corrected chi connectivity index (χ3v) is 3.20. The molecule has 0 fully saturated rings. The number of hydrogen-bond acceptors (Lipinski definition) is 3. The molecule has 0 saturated carbocycles. The predicted molar refractivity (Wildman–Crippen MR) is 79.1 cm³/mol. The number of aryl methyl sites for hydroxylation is 2. The van der Waals surface area contributed by atoms with Gasteiger partial charge < -0.3 is 9.88 Å². The van der Waals surface area contributed by atoms with Crippen molar-refractivity contribution in [1.82, 2.24) is 19.7 Å². The van der Waals surface area contributed by atoms with Gasteiger partial charge in [0.2, 0.25) is 5.95 Å². The van der Waals surface area contributed by atoms with Gasteiger partial charge in [-0.15, -0.1) is 0 Å². The van der Waals surface area contributed by atoms with Crippen molar-refractivity contribution in [3.8, 4) is 0 Å². The molecule has 0 bridgehead atoms. The maximum atomic E-state index is 4.54. The van der Waals surface area contributed by atoms with Crippen LogP contribution in [0.5, 0.6) is 0 Å². The summed E-state index contributed by atoms with van der Waals surface area (Å²) in [6, 6.07) is 10.1. The number of hydrogen-bond donors (Lipinski definition) is 2. The highest BCUT2D eigenvalue weighted by Crippen LogP contribution is 2.18. The summed E-state index contributed by atoms with van der Waals surface area (Å²) in [6.45, 7) is 4.77. The van der Waals surface area contributed by atoms with E-state index in [0.717, 1.165) is 29.6 Å². The maximum Gasteiger partial charge on any atom is 0.207 e. The van der Waals surface area contributed by atoms with E-state index in [0.29, 0.717) is 0 Å². The van der Waals surface area contributed by atoms with Crippen LogP contribution < -0.4 is 5.32 Å². The summed E-state index contributed by atoms with van der Waals surface area (Å²) in [7, 11) is 0. The summed E-state index contributed by atoms with van der Waals surface area (Å²) in [6.07, 6.45) is 3.90. The van der Waals surface area contributed by atoms with E-state index in [4.69, 9.17) is 0 Å². The lowest BCUT2D eigenvalue weighted by atomic mass is 10.2. The van der Waals surface area contributed by atoms with Crippen LogP contribution in [0.3, 0.4) is 0 Å². The highest BCUT2D eigenvalue weighted by molar-refractivity contribution is 5.53. The van der Waals surface area contributed by atoms with Crippen molar-refractivity contribution in [2.75, 3.05) is 5.32 Å². The first-order valence-electron chi connectivity index (χ1n) is 6.57. The maximum absolute atomic E-state index is 4.54. The van der Waals surface area contributed by atoms with E-state index in [1.54, 1.807) is 0 Å². The van der Waals surface area contributed by atoms with Gasteiger partial charge in [0.1, 0.15) is 0 Å². The van der Waals surface area contributed by atoms with E-state index < -0.39 is 0 Å². The molecule has 0 aliphatic rings. The van der Waals surface area contributed by atoms with Crippen molar-refractivity contribution < 1.29 is 0 Å². The largest absolute Gasteiger partial charge is 0.326 e. The molecule has 5 heteroatoms. The second-order valence-corrected chi connectivity index (χ2v) is 4.85. The number of nitrogens with one attached hydrogen (secondary N) is 2. The van der Waals surface area contributed by atoms with Gasteiger partial charge in [-0.25, -0.2) is 4.98 Å². The summed E-state index contributed by atoms with van der Waals surface area (Å²) in [5.74, 6) is 0.842. The smallest absolute Gasteiger partial charge is 0.207 e. The number of aromatic nitrogens is 4. The summed E-state index contributed by atoms with van der Waals surface area (Å²) in [4.78, 5) is 4.54. The van der Waals surface area contributed by atoms with Crippen molar-refractivity contribution in [3.63, 3.8) is 0 Å². The zero-order valence-corrected chi connectivity index (χ0v) is 11.6. The van der Waals surface area contributed by atoms with E-state index in [1.165, 1.54) is 5.56 Å². The molecular weight excluding hydrogens is 250 g/mol. The molecule has 1 aromatic carbocycles. The SMILES string of the molecule is Cc1cn(Cc2cn[nH]c2C)c(Nc2ccccc2)n1. The van der Waals surface area contributed by atoms with Crippen LogP contribution >= 0.6 is 0 Å². The molecule has 0 atom stereocenters. The van der Waals surface area contributed by atoms with Crippen LogP contribution in [0.25, 0.3) is 0 Å². The van der Waals surface area contributed by atoms with Gasteiger partial charge in [0.15, 0.2) is 0 Å². The Balaban J connectivity index is 1.87. The van der Waals surface area contributed by atoms with E-state index in [-0.39, 0.29) is 0 Å². The lowest BCUT2D eigenvalue weighted by Crippen LogP contribution is -2.04. The fraction of sp³-hybridized carbons (Fsp3) is 0.200. The first-order valence-corrected chi connectivity index (χ1v) is 6.57.